The van der Waals surface area contributed by atoms with Crippen LogP contribution in [0.5, 0.6) is 0 Å². The van der Waals surface area contributed by atoms with Gasteiger partial charge in [-0.3, -0.25) is 14.2 Å². The number of aliphatic hydroxyl groups excluding tert-OH is 1. The molecule has 1 aromatic rings. The Labute approximate surface area is 130 Å². The lowest BCUT2D eigenvalue weighted by molar-refractivity contribution is -0.165. The average Bonchev–Trinajstić information content (AvgIpc) is 2.76. The number of ether oxygens (including phenoxy) is 3. The zero-order valence-electron chi connectivity index (χ0n) is 12.4. The van der Waals surface area contributed by atoms with Gasteiger partial charge in [-0.1, -0.05) is 0 Å². The number of anilines is 1. The van der Waals surface area contributed by atoms with Crippen LogP contribution < -0.4 is 11.4 Å². The van der Waals surface area contributed by atoms with Crippen LogP contribution in [-0.2, 0) is 23.8 Å². The second-order valence-electron chi connectivity index (χ2n) is 4.80. The predicted octanol–water partition coefficient (Wildman–Crippen LogP) is -2.03. The van der Waals surface area contributed by atoms with Gasteiger partial charge in [0.05, 0.1) is 6.61 Å². The first-order valence-corrected chi connectivity index (χ1v) is 6.65. The average molecular weight is 328 g/mol. The Kier molecular flexibility index (Phi) is 4.91. The van der Waals surface area contributed by atoms with Gasteiger partial charge in [-0.2, -0.15) is 4.98 Å². The maximum absolute atomic E-state index is 11.9. The van der Waals surface area contributed by atoms with Gasteiger partial charge in [-0.15, -0.1) is 0 Å². The van der Waals surface area contributed by atoms with E-state index in [-0.39, 0.29) is 5.95 Å². The third-order valence-corrected chi connectivity index (χ3v) is 3.09. The Bertz CT molecular complexity index is 661. The number of nitrogens with zero attached hydrogens (tertiary/aromatic N) is 3. The number of hydrogen-bond acceptors (Lipinski definition) is 10. The predicted molar refractivity (Wildman–Crippen MR) is 72.8 cm³/mol. The van der Waals surface area contributed by atoms with Crippen LogP contribution in [0.2, 0.25) is 0 Å². The lowest BCUT2D eigenvalue weighted by Crippen LogP contribution is -2.41. The van der Waals surface area contributed by atoms with E-state index in [0.29, 0.717) is 0 Å². The van der Waals surface area contributed by atoms with Crippen molar-refractivity contribution in [3.8, 4) is 0 Å². The molecule has 0 amide bonds. The quantitative estimate of drug-likeness (QED) is 0.591. The largest absolute Gasteiger partial charge is 0.456 e. The molecule has 0 radical (unpaired) electrons. The second-order valence-corrected chi connectivity index (χ2v) is 4.80. The molecule has 1 fully saturated rings. The first-order chi connectivity index (χ1) is 10.8. The monoisotopic (exact) mass is 328 g/mol. The molecule has 0 aromatic carbocycles. The van der Waals surface area contributed by atoms with Gasteiger partial charge >= 0.3 is 17.6 Å². The fourth-order valence-electron chi connectivity index (χ4n) is 2.26. The van der Waals surface area contributed by atoms with Crippen LogP contribution in [0.1, 0.15) is 20.1 Å². The number of hydrogen-bond donors (Lipinski definition) is 2. The summed E-state index contributed by atoms with van der Waals surface area (Å²) in [5, 5.41) is 9.38. The van der Waals surface area contributed by atoms with E-state index >= 15 is 0 Å². The van der Waals surface area contributed by atoms with Crippen LogP contribution in [0.15, 0.2) is 11.1 Å². The molecule has 1 aliphatic rings. The Morgan fingerprint density at radius 1 is 1.35 bits per heavy atom. The number of carbonyl (C=O) groups is 2. The molecule has 2 rings (SSSR count). The summed E-state index contributed by atoms with van der Waals surface area (Å²) in [4.78, 5) is 41.6. The third kappa shape index (κ3) is 3.63. The van der Waals surface area contributed by atoms with E-state index < -0.39 is 48.8 Å². The van der Waals surface area contributed by atoms with Gasteiger partial charge in [-0.05, 0) is 0 Å². The highest BCUT2D eigenvalue weighted by molar-refractivity contribution is 5.67. The number of nitrogens with two attached hydrogens (primary N) is 1. The summed E-state index contributed by atoms with van der Waals surface area (Å²) in [6, 6.07) is 0. The fourth-order valence-corrected chi connectivity index (χ4v) is 2.26. The van der Waals surface area contributed by atoms with Gasteiger partial charge in [0.25, 0.3) is 0 Å². The van der Waals surface area contributed by atoms with E-state index in [1.807, 2.05) is 0 Å². The van der Waals surface area contributed by atoms with E-state index in [1.165, 1.54) is 0 Å². The molecule has 11 nitrogen and oxygen atoms in total. The molecule has 1 saturated heterocycles. The van der Waals surface area contributed by atoms with E-state index in [2.05, 4.69) is 9.97 Å². The zero-order valence-corrected chi connectivity index (χ0v) is 12.4. The summed E-state index contributed by atoms with van der Waals surface area (Å²) >= 11 is 0. The smallest absolute Gasteiger partial charge is 0.354 e. The standard InChI is InChI=1S/C12H16N4O7/c1-5(18)21-8-7(3-17)23-10(9(8)22-6(2)19)16-4-14-11(13)15-12(16)20/h4,7-10,17H,3H2,1-2H3,(H2,13,15,20)/t7-,8?,9?,10-/m1/s1. The normalized spacial score (nSPS) is 26.7. The molecule has 2 unspecified atom stereocenters. The molecule has 2 heterocycles. The van der Waals surface area contributed by atoms with E-state index in [0.717, 1.165) is 24.7 Å². The van der Waals surface area contributed by atoms with Crippen molar-refractivity contribution < 1.29 is 28.9 Å². The summed E-state index contributed by atoms with van der Waals surface area (Å²) in [7, 11) is 0. The highest BCUT2D eigenvalue weighted by Crippen LogP contribution is 2.33. The molecule has 11 heteroatoms. The number of rotatable bonds is 4. The van der Waals surface area contributed by atoms with Crippen LogP contribution in [0.3, 0.4) is 0 Å². The van der Waals surface area contributed by atoms with Crippen LogP contribution in [-0.4, -0.2) is 56.5 Å². The molecule has 0 bridgehead atoms. The third-order valence-electron chi connectivity index (χ3n) is 3.09. The van der Waals surface area contributed by atoms with Gasteiger partial charge in [0.15, 0.2) is 18.4 Å². The minimum absolute atomic E-state index is 0.233. The van der Waals surface area contributed by atoms with Gasteiger partial charge < -0.3 is 25.1 Å². The number of nitrogen functional groups attached to an aromatic ring is 1. The highest BCUT2D eigenvalue weighted by Gasteiger charge is 2.50. The molecular formula is C12H16N4O7. The first-order valence-electron chi connectivity index (χ1n) is 6.65. The number of aliphatic hydroxyl groups is 1. The maximum atomic E-state index is 11.9. The van der Waals surface area contributed by atoms with E-state index in [9.17, 15) is 19.5 Å². The maximum Gasteiger partial charge on any atom is 0.354 e. The molecule has 4 atom stereocenters. The topological polar surface area (TPSA) is 156 Å². The van der Waals surface area contributed by atoms with Crippen molar-refractivity contribution in [3.05, 3.63) is 16.8 Å². The molecule has 0 saturated carbocycles. The van der Waals surface area contributed by atoms with Crippen LogP contribution in [0.25, 0.3) is 0 Å². The van der Waals surface area contributed by atoms with Crippen LogP contribution >= 0.6 is 0 Å². The number of carbonyl (C=O) groups excluding carboxylic acids is 2. The molecule has 3 N–H and O–H groups in total. The van der Waals surface area contributed by atoms with Crippen molar-refractivity contribution >= 4 is 17.9 Å². The van der Waals surface area contributed by atoms with E-state index in [4.69, 9.17) is 19.9 Å². The van der Waals surface area contributed by atoms with Gasteiger partial charge in [-0.25, -0.2) is 9.78 Å². The molecule has 23 heavy (non-hydrogen) atoms. The zero-order chi connectivity index (χ0) is 17.1. The second kappa shape index (κ2) is 6.71. The molecular weight excluding hydrogens is 312 g/mol. The minimum Gasteiger partial charge on any atom is -0.456 e. The van der Waals surface area contributed by atoms with Gasteiger partial charge in [0, 0.05) is 13.8 Å². The van der Waals surface area contributed by atoms with Crippen molar-refractivity contribution in [1.82, 2.24) is 14.5 Å². The summed E-state index contributed by atoms with van der Waals surface area (Å²) in [5.74, 6) is -1.57. The lowest BCUT2D eigenvalue weighted by atomic mass is 10.1. The van der Waals surface area contributed by atoms with Crippen molar-refractivity contribution in [1.29, 1.82) is 0 Å². The van der Waals surface area contributed by atoms with E-state index in [1.54, 1.807) is 0 Å². The summed E-state index contributed by atoms with van der Waals surface area (Å²) in [6.45, 7) is 1.79. The Morgan fingerprint density at radius 3 is 2.48 bits per heavy atom. The molecule has 1 aliphatic heterocycles. The molecule has 0 spiro atoms. The summed E-state index contributed by atoms with van der Waals surface area (Å²) < 4.78 is 16.6. The van der Waals surface area contributed by atoms with Gasteiger partial charge in [0.2, 0.25) is 5.95 Å². The van der Waals surface area contributed by atoms with Gasteiger partial charge in [0.1, 0.15) is 12.4 Å². The Morgan fingerprint density at radius 2 is 1.96 bits per heavy atom. The fraction of sp³-hybridized carbons (Fsp3) is 0.583. The Hall–Kier alpha value is -2.53. The van der Waals surface area contributed by atoms with Crippen LogP contribution in [0.4, 0.5) is 5.95 Å². The van der Waals surface area contributed by atoms with Crippen molar-refractivity contribution in [2.45, 2.75) is 38.4 Å². The Balaban J connectivity index is 2.41. The summed E-state index contributed by atoms with van der Waals surface area (Å²) in [5.41, 5.74) is 4.53. The van der Waals surface area contributed by atoms with Crippen molar-refractivity contribution in [2.75, 3.05) is 12.3 Å². The minimum atomic E-state index is -1.17. The summed E-state index contributed by atoms with van der Waals surface area (Å²) in [6.07, 6.45) is -3.34. The van der Waals surface area contributed by atoms with Crippen molar-refractivity contribution in [3.63, 3.8) is 0 Å². The highest BCUT2D eigenvalue weighted by atomic mass is 16.6. The molecule has 0 aliphatic carbocycles. The molecule has 1 aromatic heterocycles. The lowest BCUT2D eigenvalue weighted by Gasteiger charge is -2.23. The SMILES string of the molecule is CC(=O)OC1C(OC(C)=O)[C@@H](CO)O[C@H]1n1cnc(N)nc1=O. The van der Waals surface area contributed by atoms with Crippen molar-refractivity contribution in [2.24, 2.45) is 0 Å². The number of aromatic nitrogens is 3. The number of esters is 2. The first kappa shape index (κ1) is 16.8. The molecule has 126 valence electrons. The van der Waals surface area contributed by atoms with Crippen LogP contribution in [0, 0.1) is 0 Å².